The Kier molecular flexibility index (Phi) is 6.31. The fraction of sp³-hybridized carbons (Fsp3) is 0.174. The largest absolute Gasteiger partial charge is 0.322 e. The minimum Gasteiger partial charge on any atom is -0.322 e. The molecule has 0 aliphatic rings. The molecule has 32 heavy (non-hydrogen) atoms. The van der Waals surface area contributed by atoms with Gasteiger partial charge in [0.2, 0.25) is 0 Å². The predicted molar refractivity (Wildman–Crippen MR) is 123 cm³/mol. The quantitative estimate of drug-likeness (QED) is 0.405. The number of sulfonamides is 1. The van der Waals surface area contributed by atoms with Crippen molar-refractivity contribution in [2.24, 2.45) is 0 Å². The maximum Gasteiger partial charge on any atom is 0.269 e. The Labute approximate surface area is 186 Å². The number of carbonyl (C=O) groups excluding carboxylic acids is 1. The molecule has 3 aromatic rings. The van der Waals surface area contributed by atoms with Gasteiger partial charge in [-0.1, -0.05) is 39.0 Å². The Balaban J connectivity index is 1.73. The minimum atomic E-state index is -3.96. The number of amides is 1. The maximum absolute atomic E-state index is 12.6. The second kappa shape index (κ2) is 8.80. The number of nitro groups is 1. The van der Waals surface area contributed by atoms with E-state index in [9.17, 15) is 23.3 Å². The van der Waals surface area contributed by atoms with Crippen molar-refractivity contribution >= 4 is 33.0 Å². The van der Waals surface area contributed by atoms with Gasteiger partial charge in [0.15, 0.2) is 0 Å². The summed E-state index contributed by atoms with van der Waals surface area (Å²) in [5, 5.41) is 13.5. The second-order valence-electron chi connectivity index (χ2n) is 8.22. The lowest BCUT2D eigenvalue weighted by molar-refractivity contribution is -0.384. The number of nitro benzene ring substituents is 1. The molecule has 0 saturated carbocycles. The standard InChI is InChI=1S/C23H23N3O5S/c1-23(2,3)17-9-7-16(8-10-17)22(27)24-18-5-4-6-19(15-18)25-32(30,31)21-13-11-20(12-14-21)26(28)29/h4-15,25H,1-3H3,(H,24,27). The van der Waals surface area contributed by atoms with E-state index in [4.69, 9.17) is 0 Å². The van der Waals surface area contributed by atoms with Gasteiger partial charge in [0.1, 0.15) is 0 Å². The lowest BCUT2D eigenvalue weighted by Gasteiger charge is -2.19. The fourth-order valence-electron chi connectivity index (χ4n) is 2.95. The molecule has 3 rings (SSSR count). The second-order valence-corrected chi connectivity index (χ2v) is 9.90. The summed E-state index contributed by atoms with van der Waals surface area (Å²) in [7, 11) is -3.96. The molecule has 1 amide bonds. The molecule has 0 bridgehead atoms. The molecule has 166 valence electrons. The van der Waals surface area contributed by atoms with Crippen LogP contribution in [0.25, 0.3) is 0 Å². The summed E-state index contributed by atoms with van der Waals surface area (Å²) in [6.45, 7) is 6.27. The summed E-state index contributed by atoms with van der Waals surface area (Å²) in [5.74, 6) is -0.319. The lowest BCUT2D eigenvalue weighted by Crippen LogP contribution is -2.15. The third-order valence-corrected chi connectivity index (χ3v) is 6.14. The molecule has 0 saturated heterocycles. The van der Waals surface area contributed by atoms with E-state index in [1.54, 1.807) is 24.3 Å². The Bertz CT molecular complexity index is 1250. The van der Waals surface area contributed by atoms with E-state index >= 15 is 0 Å². The predicted octanol–water partition coefficient (Wildman–Crippen LogP) is 4.95. The summed E-state index contributed by atoms with van der Waals surface area (Å²) in [5.41, 5.74) is 2.02. The highest BCUT2D eigenvalue weighted by molar-refractivity contribution is 7.92. The van der Waals surface area contributed by atoms with Gasteiger partial charge in [0.25, 0.3) is 21.6 Å². The Morgan fingerprint density at radius 2 is 1.50 bits per heavy atom. The van der Waals surface area contributed by atoms with Gasteiger partial charge in [0.05, 0.1) is 15.5 Å². The molecule has 0 fully saturated rings. The zero-order valence-electron chi connectivity index (χ0n) is 17.8. The molecule has 0 unspecified atom stereocenters. The molecule has 0 aliphatic carbocycles. The van der Waals surface area contributed by atoms with Gasteiger partial charge in [0, 0.05) is 23.4 Å². The topological polar surface area (TPSA) is 118 Å². The Morgan fingerprint density at radius 3 is 2.06 bits per heavy atom. The van der Waals surface area contributed by atoms with Crippen molar-refractivity contribution in [3.63, 3.8) is 0 Å². The van der Waals surface area contributed by atoms with Crippen molar-refractivity contribution in [3.05, 3.63) is 94.0 Å². The molecule has 0 aliphatic heterocycles. The number of benzene rings is 3. The molecular weight excluding hydrogens is 430 g/mol. The molecule has 0 aromatic heterocycles. The van der Waals surface area contributed by atoms with Crippen LogP contribution in [-0.2, 0) is 15.4 Å². The van der Waals surface area contributed by atoms with Crippen LogP contribution >= 0.6 is 0 Å². The average Bonchev–Trinajstić information content (AvgIpc) is 2.73. The molecule has 2 N–H and O–H groups in total. The number of anilines is 2. The van der Waals surface area contributed by atoms with Gasteiger partial charge < -0.3 is 5.32 Å². The summed E-state index contributed by atoms with van der Waals surface area (Å²) in [6.07, 6.45) is 0. The first kappa shape index (κ1) is 23.0. The fourth-order valence-corrected chi connectivity index (χ4v) is 4.00. The van der Waals surface area contributed by atoms with Crippen molar-refractivity contribution in [1.29, 1.82) is 0 Å². The van der Waals surface area contributed by atoms with Gasteiger partial charge in [-0.05, 0) is 53.4 Å². The van der Waals surface area contributed by atoms with Crippen LogP contribution in [0.5, 0.6) is 0 Å². The summed E-state index contributed by atoms with van der Waals surface area (Å²) in [4.78, 5) is 22.6. The number of nitrogens with zero attached hydrogens (tertiary/aromatic N) is 1. The maximum atomic E-state index is 12.6. The van der Waals surface area contributed by atoms with Gasteiger partial charge in [-0.2, -0.15) is 0 Å². The SMILES string of the molecule is CC(C)(C)c1ccc(C(=O)Nc2cccc(NS(=O)(=O)c3ccc([N+](=O)[O-])cc3)c2)cc1. The summed E-state index contributed by atoms with van der Waals surface area (Å²) in [6, 6.07) is 18.1. The first-order chi connectivity index (χ1) is 15.0. The van der Waals surface area contributed by atoms with Crippen LogP contribution in [0.1, 0.15) is 36.7 Å². The number of hydrogen-bond acceptors (Lipinski definition) is 5. The van der Waals surface area contributed by atoms with Crippen molar-refractivity contribution < 1.29 is 18.1 Å². The number of carbonyl (C=O) groups is 1. The van der Waals surface area contributed by atoms with Crippen LogP contribution in [0, 0.1) is 10.1 Å². The highest BCUT2D eigenvalue weighted by Gasteiger charge is 2.17. The van der Waals surface area contributed by atoms with Crippen LogP contribution in [0.4, 0.5) is 17.1 Å². The summed E-state index contributed by atoms with van der Waals surface area (Å²) < 4.78 is 27.6. The molecular formula is C23H23N3O5S. The first-order valence-electron chi connectivity index (χ1n) is 9.75. The Morgan fingerprint density at radius 1 is 0.906 bits per heavy atom. The Hall–Kier alpha value is -3.72. The molecule has 0 atom stereocenters. The molecule has 0 radical (unpaired) electrons. The number of hydrogen-bond donors (Lipinski definition) is 2. The smallest absolute Gasteiger partial charge is 0.269 e. The van der Waals surface area contributed by atoms with E-state index in [1.807, 2.05) is 12.1 Å². The van der Waals surface area contributed by atoms with Crippen LogP contribution in [-0.4, -0.2) is 19.2 Å². The molecule has 3 aromatic carbocycles. The van der Waals surface area contributed by atoms with Crippen molar-refractivity contribution in [3.8, 4) is 0 Å². The molecule has 8 nitrogen and oxygen atoms in total. The zero-order valence-corrected chi connectivity index (χ0v) is 18.6. The van der Waals surface area contributed by atoms with E-state index in [2.05, 4.69) is 30.8 Å². The van der Waals surface area contributed by atoms with Crippen LogP contribution in [0.15, 0.2) is 77.7 Å². The van der Waals surface area contributed by atoms with E-state index in [0.29, 0.717) is 11.3 Å². The van der Waals surface area contributed by atoms with Crippen LogP contribution in [0.3, 0.4) is 0 Å². The van der Waals surface area contributed by atoms with Gasteiger partial charge in [-0.3, -0.25) is 19.6 Å². The average molecular weight is 454 g/mol. The lowest BCUT2D eigenvalue weighted by atomic mass is 9.87. The molecule has 0 spiro atoms. The summed E-state index contributed by atoms with van der Waals surface area (Å²) >= 11 is 0. The third-order valence-electron chi connectivity index (χ3n) is 4.74. The zero-order chi connectivity index (χ0) is 23.5. The normalized spacial score (nSPS) is 11.6. The third kappa shape index (κ3) is 5.50. The van der Waals surface area contributed by atoms with E-state index in [0.717, 1.165) is 29.8 Å². The van der Waals surface area contributed by atoms with Crippen molar-refractivity contribution in [2.75, 3.05) is 10.0 Å². The minimum absolute atomic E-state index is 0.0236. The molecule has 9 heteroatoms. The number of rotatable bonds is 6. The van der Waals surface area contributed by atoms with E-state index in [-0.39, 0.29) is 27.6 Å². The first-order valence-corrected chi connectivity index (χ1v) is 11.2. The van der Waals surface area contributed by atoms with Crippen molar-refractivity contribution in [1.82, 2.24) is 0 Å². The van der Waals surface area contributed by atoms with E-state index in [1.165, 1.54) is 12.1 Å². The van der Waals surface area contributed by atoms with Gasteiger partial charge in [-0.25, -0.2) is 8.42 Å². The van der Waals surface area contributed by atoms with Gasteiger partial charge >= 0.3 is 0 Å². The number of non-ortho nitro benzene ring substituents is 1. The highest BCUT2D eigenvalue weighted by Crippen LogP contribution is 2.24. The van der Waals surface area contributed by atoms with Gasteiger partial charge in [-0.15, -0.1) is 0 Å². The van der Waals surface area contributed by atoms with Crippen molar-refractivity contribution in [2.45, 2.75) is 31.1 Å². The monoisotopic (exact) mass is 453 g/mol. The highest BCUT2D eigenvalue weighted by atomic mass is 32.2. The van der Waals surface area contributed by atoms with Crippen LogP contribution < -0.4 is 10.0 Å². The van der Waals surface area contributed by atoms with E-state index < -0.39 is 14.9 Å². The molecule has 0 heterocycles. The van der Waals surface area contributed by atoms with Crippen LogP contribution in [0.2, 0.25) is 0 Å². The number of nitrogens with one attached hydrogen (secondary N) is 2.